The minimum absolute atomic E-state index is 0.0252. The van der Waals surface area contributed by atoms with E-state index in [1.54, 1.807) is 18.2 Å². The number of hydrogen-bond acceptors (Lipinski definition) is 8. The molecule has 5 rings (SSSR count). The molecule has 3 aliphatic rings. The van der Waals surface area contributed by atoms with Gasteiger partial charge in [-0.15, -0.1) is 0 Å². The van der Waals surface area contributed by atoms with Crippen molar-refractivity contribution < 1.29 is 40.3 Å². The van der Waals surface area contributed by atoms with E-state index >= 15 is 0 Å². The summed E-state index contributed by atoms with van der Waals surface area (Å²) in [5.74, 6) is -1.85. The molecule has 0 saturated heterocycles. The van der Waals surface area contributed by atoms with Gasteiger partial charge in [-0.25, -0.2) is 4.79 Å². The molecule has 2 aromatic rings. The predicted molar refractivity (Wildman–Crippen MR) is 146 cm³/mol. The first-order chi connectivity index (χ1) is 18.5. The maximum absolute atomic E-state index is 12.9. The second-order valence-electron chi connectivity index (χ2n) is 10.4. The van der Waals surface area contributed by atoms with Crippen molar-refractivity contribution in [2.75, 3.05) is 5.32 Å². The number of aryl methyl sites for hydroxylation is 2. The third kappa shape index (κ3) is 4.54. The van der Waals surface area contributed by atoms with E-state index < -0.39 is 58.2 Å². The van der Waals surface area contributed by atoms with Gasteiger partial charge < -0.3 is 14.8 Å². The van der Waals surface area contributed by atoms with Crippen LogP contribution in [0.2, 0.25) is 0 Å². The lowest BCUT2D eigenvalue weighted by atomic mass is 9.85. The monoisotopic (exact) mass is 586 g/mol. The molecule has 0 amide bonds. The number of benzene rings is 3. The molecule has 5 N–H and O–H groups in total. The topological polar surface area (TPSA) is 195 Å². The third-order valence-electron chi connectivity index (χ3n) is 7.16. The molecule has 210 valence electrons. The van der Waals surface area contributed by atoms with Crippen molar-refractivity contribution in [3.63, 3.8) is 0 Å². The van der Waals surface area contributed by atoms with E-state index in [-0.39, 0.29) is 33.3 Å². The van der Waals surface area contributed by atoms with Crippen LogP contribution in [0.1, 0.15) is 48.7 Å². The zero-order valence-corrected chi connectivity index (χ0v) is 23.3. The van der Waals surface area contributed by atoms with Gasteiger partial charge in [-0.3, -0.25) is 14.5 Å². The molecule has 0 aromatic heterocycles. The molecular weight excluding hydrogens is 560 g/mol. The summed E-state index contributed by atoms with van der Waals surface area (Å²) in [6.07, 6.45) is 1.54. The Balaban J connectivity index is 2.13. The Morgan fingerprint density at radius 1 is 1.02 bits per heavy atom. The van der Waals surface area contributed by atoms with Crippen molar-refractivity contribution >= 4 is 42.9 Å². The van der Waals surface area contributed by atoms with Crippen LogP contribution in [-0.2, 0) is 33.1 Å². The van der Waals surface area contributed by atoms with Crippen LogP contribution in [0.4, 0.5) is 5.69 Å². The number of nitrogens with one attached hydrogen (secondary N) is 2. The second-order valence-corrected chi connectivity index (χ2v) is 13.1. The fraction of sp³-hybridized carbons (Fsp3) is 0.259. The molecule has 0 spiro atoms. The standard InChI is InChI=1S/C27H26N2O9S2/c1-4-13-5-6-15(26(30)31)17(11-13)20-16-7-8-19(28)24(39(32,33)34)22(16)38-23-18(20)12-14-9-10-27(2,3)29-21(14)25(23)40(35,36)37/h5-8,11-12,28-29H,4,9-10H2,1-3H3,(H,30,31)(H,32,33,34)(H,35,36,37). The molecule has 1 aliphatic carbocycles. The van der Waals surface area contributed by atoms with Gasteiger partial charge in [-0.05, 0) is 74.1 Å². The molecule has 2 aromatic carbocycles. The van der Waals surface area contributed by atoms with E-state index in [4.69, 9.17) is 9.83 Å². The lowest BCUT2D eigenvalue weighted by molar-refractivity contribution is 0.0697. The van der Waals surface area contributed by atoms with Crippen LogP contribution < -0.4 is 10.7 Å². The Labute approximate surface area is 229 Å². The SMILES string of the molecule is CCc1ccc(C(=O)O)c(-c2c3ccc(=N)c(S(=O)(=O)O)c-3oc3c(S(=O)(=O)O)c4c(cc23)CCC(C)(C)N4)c1. The van der Waals surface area contributed by atoms with Crippen molar-refractivity contribution in [1.29, 1.82) is 5.41 Å². The molecule has 0 fully saturated rings. The molecule has 0 saturated carbocycles. The van der Waals surface area contributed by atoms with Crippen LogP contribution in [0, 0.1) is 5.41 Å². The highest BCUT2D eigenvalue weighted by atomic mass is 32.2. The van der Waals surface area contributed by atoms with E-state index in [0.717, 1.165) is 11.6 Å². The van der Waals surface area contributed by atoms with Gasteiger partial charge in [-0.1, -0.05) is 19.1 Å². The number of fused-ring (bicyclic) bond motifs is 3. The molecular formula is C27H26N2O9S2. The number of aromatic carboxylic acids is 1. The van der Waals surface area contributed by atoms with Gasteiger partial charge in [0.2, 0.25) is 0 Å². The van der Waals surface area contributed by atoms with Crippen molar-refractivity contribution in [3.05, 3.63) is 58.4 Å². The van der Waals surface area contributed by atoms with E-state index in [0.29, 0.717) is 24.8 Å². The minimum Gasteiger partial charge on any atom is -0.478 e. The average Bonchev–Trinajstić information content (AvgIpc) is 2.83. The van der Waals surface area contributed by atoms with Crippen molar-refractivity contribution in [3.8, 4) is 22.5 Å². The number of rotatable bonds is 5. The van der Waals surface area contributed by atoms with E-state index in [2.05, 4.69) is 5.32 Å². The lowest BCUT2D eigenvalue weighted by Crippen LogP contribution is -2.36. The summed E-state index contributed by atoms with van der Waals surface area (Å²) in [4.78, 5) is 10.8. The maximum Gasteiger partial charge on any atom is 0.336 e. The van der Waals surface area contributed by atoms with Gasteiger partial charge in [-0.2, -0.15) is 16.8 Å². The Bertz CT molecular complexity index is 1990. The van der Waals surface area contributed by atoms with Crippen LogP contribution in [0.25, 0.3) is 33.4 Å². The number of anilines is 1. The van der Waals surface area contributed by atoms with Crippen molar-refractivity contribution in [2.24, 2.45) is 0 Å². The van der Waals surface area contributed by atoms with E-state index in [1.165, 1.54) is 12.1 Å². The van der Waals surface area contributed by atoms with E-state index in [1.807, 2.05) is 20.8 Å². The summed E-state index contributed by atoms with van der Waals surface area (Å²) >= 11 is 0. The quantitative estimate of drug-likeness (QED) is 0.163. The van der Waals surface area contributed by atoms with Crippen LogP contribution in [0.5, 0.6) is 0 Å². The van der Waals surface area contributed by atoms with Crippen molar-refractivity contribution in [1.82, 2.24) is 0 Å². The summed E-state index contributed by atoms with van der Waals surface area (Å²) in [5, 5.41) is 20.8. The summed E-state index contributed by atoms with van der Waals surface area (Å²) in [6.45, 7) is 5.54. The molecule has 13 heteroatoms. The first kappa shape index (κ1) is 27.8. The third-order valence-corrected chi connectivity index (χ3v) is 8.99. The van der Waals surface area contributed by atoms with E-state index in [9.17, 15) is 35.8 Å². The van der Waals surface area contributed by atoms with Crippen LogP contribution >= 0.6 is 0 Å². The largest absolute Gasteiger partial charge is 0.478 e. The highest BCUT2D eigenvalue weighted by molar-refractivity contribution is 7.86. The highest BCUT2D eigenvalue weighted by Crippen LogP contribution is 2.48. The zero-order valence-electron chi connectivity index (χ0n) is 21.7. The molecule has 2 heterocycles. The van der Waals surface area contributed by atoms with Gasteiger partial charge in [0.05, 0.1) is 16.6 Å². The van der Waals surface area contributed by atoms with Crippen molar-refractivity contribution in [2.45, 2.75) is 55.4 Å². The molecule has 40 heavy (non-hydrogen) atoms. The summed E-state index contributed by atoms with van der Waals surface area (Å²) in [7, 11) is -10.1. The number of carboxylic acid groups (broad SMARTS) is 1. The first-order valence-electron chi connectivity index (χ1n) is 12.3. The number of carbonyl (C=O) groups is 1. The lowest BCUT2D eigenvalue weighted by Gasteiger charge is -2.35. The smallest absolute Gasteiger partial charge is 0.336 e. The molecule has 0 atom stereocenters. The molecule has 0 bridgehead atoms. The second kappa shape index (κ2) is 9.13. The van der Waals surface area contributed by atoms with Crippen LogP contribution in [0.15, 0.2) is 50.6 Å². The minimum atomic E-state index is -5.08. The fourth-order valence-electron chi connectivity index (χ4n) is 5.27. The van der Waals surface area contributed by atoms with Crippen LogP contribution in [0.3, 0.4) is 0 Å². The molecule has 11 nitrogen and oxygen atoms in total. The summed E-state index contributed by atoms with van der Waals surface area (Å²) < 4.78 is 77.0. The number of hydrogen-bond donors (Lipinski definition) is 5. The first-order valence-corrected chi connectivity index (χ1v) is 15.2. The normalized spacial score (nSPS) is 15.1. The average molecular weight is 587 g/mol. The summed E-state index contributed by atoms with van der Waals surface area (Å²) in [6, 6.07) is 8.73. The Morgan fingerprint density at radius 3 is 2.30 bits per heavy atom. The van der Waals surface area contributed by atoms with Gasteiger partial charge in [0.1, 0.15) is 0 Å². The van der Waals surface area contributed by atoms with Gasteiger partial charge in [0.15, 0.2) is 21.1 Å². The highest BCUT2D eigenvalue weighted by Gasteiger charge is 2.36. The maximum atomic E-state index is 12.9. The molecule has 0 radical (unpaired) electrons. The zero-order chi connectivity index (χ0) is 29.4. The Morgan fingerprint density at radius 2 is 1.70 bits per heavy atom. The van der Waals surface area contributed by atoms with Gasteiger partial charge in [0.25, 0.3) is 20.2 Å². The molecule has 0 unspecified atom stereocenters. The van der Waals surface area contributed by atoms with Crippen LogP contribution in [-0.4, -0.2) is 42.6 Å². The number of carboxylic acids is 1. The molecule has 2 aliphatic heterocycles. The Kier molecular flexibility index (Phi) is 6.34. The van der Waals surface area contributed by atoms with Gasteiger partial charge in [0, 0.05) is 22.1 Å². The Hall–Kier alpha value is -3.78. The predicted octanol–water partition coefficient (Wildman–Crippen LogP) is 4.57. The fourth-order valence-corrected chi connectivity index (χ4v) is 6.83. The summed E-state index contributed by atoms with van der Waals surface area (Å²) in [5.41, 5.74) is 0.431. The van der Waals surface area contributed by atoms with Gasteiger partial charge >= 0.3 is 5.97 Å².